The smallest absolute Gasteiger partial charge is 0.238 e. The van der Waals surface area contributed by atoms with Crippen LogP contribution in [-0.2, 0) is 0 Å². The van der Waals surface area contributed by atoms with Crippen molar-refractivity contribution >= 4 is 92.8 Å². The fourth-order valence-corrected chi connectivity index (χ4v) is 15.9. The van der Waals surface area contributed by atoms with E-state index in [2.05, 4.69) is 244 Å². The number of allylic oxidation sites excluding steroid dienone is 4. The molecule has 0 unspecified atom stereocenters. The SMILES string of the molecule is C=C/C=C(\C=C)c1cc(-c2ccccc2)nc(-n2c3ccccc3c3cc4c(cc32)c2ccccc2n4-c2nc(-c3ccccc3)cc(-c3cccc(-c4cccc(-c5nc(-c6ccccc6)nc(-n6c7ccccc7c7cc8c(cc76)c6ccccc6n8-c6nc(-c7ccccc7)nc(-c7ccccc7)n6)n5)c4)c3)n2)n1. The maximum absolute atomic E-state index is 5.61. The minimum atomic E-state index is 0.477. The third kappa shape index (κ3) is 11.0. The number of para-hydroxylation sites is 4. The van der Waals surface area contributed by atoms with E-state index in [4.69, 9.17) is 49.8 Å². The molecule has 0 bridgehead atoms. The highest BCUT2D eigenvalue weighted by Gasteiger charge is 2.27. The van der Waals surface area contributed by atoms with Crippen LogP contribution in [0, 0.1) is 0 Å². The second-order valence-electron chi connectivity index (χ2n) is 27.7. The van der Waals surface area contributed by atoms with E-state index in [1.54, 1.807) is 6.08 Å². The predicted molar refractivity (Wildman–Crippen MR) is 454 cm³/mol. The minimum Gasteiger partial charge on any atom is -0.278 e. The number of fused-ring (bicyclic) bond motifs is 12. The van der Waals surface area contributed by atoms with Crippen LogP contribution < -0.4 is 0 Å². The Kier molecular flexibility index (Phi) is 15.5. The Hall–Kier alpha value is -15.5. The van der Waals surface area contributed by atoms with E-state index >= 15 is 0 Å². The topological polar surface area (TPSA) is 149 Å². The van der Waals surface area contributed by atoms with Crippen molar-refractivity contribution < 1.29 is 0 Å². The Bertz CT molecular complexity index is 7350. The lowest BCUT2D eigenvalue weighted by Crippen LogP contribution is -2.07. The largest absolute Gasteiger partial charge is 0.278 e. The van der Waals surface area contributed by atoms with Gasteiger partial charge in [-0.15, -0.1) is 0 Å². The van der Waals surface area contributed by atoms with Crippen molar-refractivity contribution in [3.8, 4) is 114 Å². The minimum absolute atomic E-state index is 0.477. The van der Waals surface area contributed by atoms with Crippen molar-refractivity contribution in [3.05, 3.63) is 371 Å². The Balaban J connectivity index is 0.698. The number of benzene rings is 13. The van der Waals surface area contributed by atoms with Gasteiger partial charge < -0.3 is 0 Å². The first-order valence-corrected chi connectivity index (χ1v) is 37.1. The van der Waals surface area contributed by atoms with Crippen LogP contribution in [0.3, 0.4) is 0 Å². The number of nitrogens with zero attached hydrogens (tertiary/aromatic N) is 14. The highest BCUT2D eigenvalue weighted by Crippen LogP contribution is 2.44. The van der Waals surface area contributed by atoms with Crippen LogP contribution in [-0.4, -0.2) is 68.1 Å². The number of hydrogen-bond acceptors (Lipinski definition) is 10. The molecule has 0 amide bonds. The van der Waals surface area contributed by atoms with Gasteiger partial charge >= 0.3 is 0 Å². The number of aromatic nitrogens is 14. The summed E-state index contributed by atoms with van der Waals surface area (Å²) in [6.45, 7) is 8.18. The second kappa shape index (κ2) is 26.7. The molecule has 524 valence electrons. The molecule has 0 aliphatic heterocycles. The molecule has 0 aliphatic carbocycles. The van der Waals surface area contributed by atoms with Gasteiger partial charge in [-0.1, -0.05) is 292 Å². The summed E-state index contributed by atoms with van der Waals surface area (Å²) >= 11 is 0. The zero-order valence-corrected chi connectivity index (χ0v) is 60.2. The predicted octanol–water partition coefficient (Wildman–Crippen LogP) is 23.1. The van der Waals surface area contributed by atoms with Crippen LogP contribution >= 0.6 is 0 Å². The molecular weight excluding hydrogens is 1370 g/mol. The summed E-state index contributed by atoms with van der Waals surface area (Å²) in [4.78, 5) is 53.6. The summed E-state index contributed by atoms with van der Waals surface area (Å²) in [5, 5.41) is 8.23. The number of rotatable bonds is 15. The van der Waals surface area contributed by atoms with Gasteiger partial charge in [-0.25, -0.2) is 29.9 Å². The van der Waals surface area contributed by atoms with Crippen molar-refractivity contribution in [1.29, 1.82) is 0 Å². The summed E-state index contributed by atoms with van der Waals surface area (Å²) in [5.74, 6) is 4.27. The van der Waals surface area contributed by atoms with Gasteiger partial charge in [0, 0.05) is 82.0 Å². The third-order valence-corrected chi connectivity index (χ3v) is 21.1. The number of hydrogen-bond donors (Lipinski definition) is 0. The van der Waals surface area contributed by atoms with Gasteiger partial charge in [-0.2, -0.15) is 19.9 Å². The maximum atomic E-state index is 5.61. The molecule has 14 nitrogen and oxygen atoms in total. The molecule has 0 spiro atoms. The molecule has 0 fully saturated rings. The molecule has 0 radical (unpaired) electrons. The molecule has 112 heavy (non-hydrogen) atoms. The average Bonchev–Trinajstić information content (AvgIpc) is 1.56. The maximum Gasteiger partial charge on any atom is 0.238 e. The molecule has 0 saturated carbocycles. The van der Waals surface area contributed by atoms with Gasteiger partial charge in [0.2, 0.25) is 23.8 Å². The molecule has 21 aromatic rings. The summed E-state index contributed by atoms with van der Waals surface area (Å²) in [5.41, 5.74) is 19.7. The van der Waals surface area contributed by atoms with Gasteiger partial charge in [0.15, 0.2) is 23.3 Å². The third-order valence-electron chi connectivity index (χ3n) is 21.1. The van der Waals surface area contributed by atoms with Crippen molar-refractivity contribution in [2.75, 3.05) is 0 Å². The van der Waals surface area contributed by atoms with Gasteiger partial charge in [0.05, 0.1) is 66.9 Å². The molecule has 14 heteroatoms. The lowest BCUT2D eigenvalue weighted by molar-refractivity contribution is 0.951. The van der Waals surface area contributed by atoms with Gasteiger partial charge in [0.25, 0.3) is 0 Å². The molecular formula is C98H62N14. The highest BCUT2D eigenvalue weighted by atomic mass is 15.2. The normalized spacial score (nSPS) is 11.9. The summed E-state index contributed by atoms with van der Waals surface area (Å²) in [6.07, 6.45) is 5.50. The van der Waals surface area contributed by atoms with Crippen molar-refractivity contribution in [2.24, 2.45) is 0 Å². The second-order valence-corrected chi connectivity index (χ2v) is 27.7. The fraction of sp³-hybridized carbons (Fsp3) is 0. The summed E-state index contributed by atoms with van der Waals surface area (Å²) in [7, 11) is 0. The Morgan fingerprint density at radius 2 is 0.500 bits per heavy atom. The Morgan fingerprint density at radius 1 is 0.214 bits per heavy atom. The Labute approximate surface area is 642 Å². The van der Waals surface area contributed by atoms with E-state index in [0.717, 1.165) is 166 Å². The summed E-state index contributed by atoms with van der Waals surface area (Å²) < 4.78 is 8.76. The standard InChI is InChI=1S/C98H62N14/c1-3-30-61(4-2)79-59-80(62-31-10-5-11-32-62)100-95(99-79)109-83-49-24-20-45-71(83)75-56-88-76(55-87(75)109)72-46-21-25-50-84(72)110(88)96-101-81(63-33-12-6-13-34-63)60-82(102-96)69-43-28-41-67(53-69)68-42-29-44-70(54-68)94-104-93(66-39-18-9-19-40-66)107-98(108-94)112-86-52-27-23-48-74(86)78-57-89-77(58-90(78)112)73-47-22-26-51-85(73)111(89)97-105-91(64-35-14-7-15-36-64)103-92(106-97)65-37-16-8-17-38-65/h3-60H,1-2H2/b61-30+. The zero-order chi connectivity index (χ0) is 74.3. The van der Waals surface area contributed by atoms with E-state index in [1.807, 2.05) is 133 Å². The van der Waals surface area contributed by atoms with Crippen LogP contribution in [0.2, 0.25) is 0 Å². The monoisotopic (exact) mass is 1430 g/mol. The molecule has 21 rings (SSSR count). The van der Waals surface area contributed by atoms with E-state index < -0.39 is 0 Å². The molecule has 13 aromatic carbocycles. The molecule has 8 heterocycles. The van der Waals surface area contributed by atoms with Crippen molar-refractivity contribution in [2.45, 2.75) is 0 Å². The first-order valence-electron chi connectivity index (χ1n) is 37.1. The van der Waals surface area contributed by atoms with Gasteiger partial charge in [0.1, 0.15) is 0 Å². The molecule has 0 aliphatic rings. The van der Waals surface area contributed by atoms with Crippen LogP contribution in [0.25, 0.3) is 207 Å². The van der Waals surface area contributed by atoms with Crippen LogP contribution in [0.15, 0.2) is 365 Å². The Morgan fingerprint density at radius 3 is 0.875 bits per heavy atom. The van der Waals surface area contributed by atoms with Crippen molar-refractivity contribution in [1.82, 2.24) is 68.1 Å². The van der Waals surface area contributed by atoms with Crippen LogP contribution in [0.5, 0.6) is 0 Å². The zero-order valence-electron chi connectivity index (χ0n) is 60.2. The molecule has 0 N–H and O–H groups in total. The van der Waals surface area contributed by atoms with Crippen molar-refractivity contribution in [3.63, 3.8) is 0 Å². The van der Waals surface area contributed by atoms with Crippen LogP contribution in [0.1, 0.15) is 5.69 Å². The molecule has 8 aromatic heterocycles. The lowest BCUT2D eigenvalue weighted by Gasteiger charge is -2.13. The first kappa shape index (κ1) is 64.8. The van der Waals surface area contributed by atoms with Gasteiger partial charge in [-0.05, 0) is 89.5 Å². The van der Waals surface area contributed by atoms with E-state index in [-0.39, 0.29) is 0 Å². The first-order chi connectivity index (χ1) is 55.4. The highest BCUT2D eigenvalue weighted by molar-refractivity contribution is 6.20. The molecule has 0 saturated heterocycles. The fourth-order valence-electron chi connectivity index (χ4n) is 15.9. The quantitative estimate of drug-likeness (QED) is 0.0908. The van der Waals surface area contributed by atoms with E-state index in [0.29, 0.717) is 47.1 Å². The average molecular weight is 1440 g/mol. The van der Waals surface area contributed by atoms with Gasteiger partial charge in [-0.3, -0.25) is 18.3 Å². The summed E-state index contributed by atoms with van der Waals surface area (Å²) in [6, 6.07) is 115. The van der Waals surface area contributed by atoms with Crippen LogP contribution in [0.4, 0.5) is 0 Å². The van der Waals surface area contributed by atoms with E-state index in [1.165, 1.54) is 0 Å². The van der Waals surface area contributed by atoms with E-state index in [9.17, 15) is 0 Å². The molecule has 0 atom stereocenters. The lowest BCUT2D eigenvalue weighted by atomic mass is 9.99.